The summed E-state index contributed by atoms with van der Waals surface area (Å²) in [6.07, 6.45) is -0.365. The van der Waals surface area contributed by atoms with Crippen LogP contribution in [0.1, 0.15) is 28.4 Å². The predicted octanol–water partition coefficient (Wildman–Crippen LogP) is 3.72. The molecule has 1 unspecified atom stereocenters. The quantitative estimate of drug-likeness (QED) is 0.872. The van der Waals surface area contributed by atoms with E-state index < -0.39 is 6.10 Å². The van der Waals surface area contributed by atoms with E-state index in [1.54, 1.807) is 18.2 Å². The lowest BCUT2D eigenvalue weighted by atomic mass is 9.98. The van der Waals surface area contributed by atoms with E-state index >= 15 is 0 Å². The van der Waals surface area contributed by atoms with Crippen molar-refractivity contribution in [2.45, 2.75) is 26.4 Å². The van der Waals surface area contributed by atoms with Crippen molar-refractivity contribution in [3.05, 3.63) is 70.5 Å². The van der Waals surface area contributed by atoms with Gasteiger partial charge in [0.2, 0.25) is 0 Å². The average molecular weight is 244 g/mol. The molecule has 1 nitrogen and oxygen atoms in total. The van der Waals surface area contributed by atoms with Gasteiger partial charge in [-0.05, 0) is 42.2 Å². The molecule has 2 rings (SSSR count). The van der Waals surface area contributed by atoms with Crippen molar-refractivity contribution in [2.75, 3.05) is 0 Å². The monoisotopic (exact) mass is 244 g/mol. The molecule has 0 saturated heterocycles. The molecule has 0 amide bonds. The molecule has 2 aromatic rings. The highest BCUT2D eigenvalue weighted by Gasteiger charge is 2.11. The normalized spacial score (nSPS) is 12.4. The molecule has 0 fully saturated rings. The van der Waals surface area contributed by atoms with E-state index in [2.05, 4.69) is 0 Å². The number of hydrogen-bond donors (Lipinski definition) is 1. The summed E-state index contributed by atoms with van der Waals surface area (Å²) in [5, 5.41) is 10.1. The van der Waals surface area contributed by atoms with Gasteiger partial charge in [-0.2, -0.15) is 0 Å². The topological polar surface area (TPSA) is 20.2 Å². The number of rotatable bonds is 3. The molecule has 1 N–H and O–H groups in total. The minimum absolute atomic E-state index is 0.264. The first-order valence-electron chi connectivity index (χ1n) is 6.06. The van der Waals surface area contributed by atoms with Gasteiger partial charge in [-0.15, -0.1) is 0 Å². The van der Waals surface area contributed by atoms with Gasteiger partial charge < -0.3 is 5.11 Å². The third kappa shape index (κ3) is 2.77. The van der Waals surface area contributed by atoms with E-state index in [1.807, 2.05) is 32.0 Å². The lowest BCUT2D eigenvalue weighted by Gasteiger charge is -2.13. The molecule has 1 atom stereocenters. The minimum atomic E-state index is -0.666. The molecule has 2 aromatic carbocycles. The van der Waals surface area contributed by atoms with Crippen LogP contribution in [-0.4, -0.2) is 5.11 Å². The van der Waals surface area contributed by atoms with Crippen molar-refractivity contribution >= 4 is 0 Å². The van der Waals surface area contributed by atoms with E-state index in [-0.39, 0.29) is 5.82 Å². The maximum Gasteiger partial charge on any atom is 0.126 e. The van der Waals surface area contributed by atoms with Crippen LogP contribution in [0.25, 0.3) is 0 Å². The summed E-state index contributed by atoms with van der Waals surface area (Å²) < 4.78 is 13.5. The van der Waals surface area contributed by atoms with Gasteiger partial charge in [-0.3, -0.25) is 0 Å². The second-order valence-corrected chi connectivity index (χ2v) is 4.66. The molecule has 0 aliphatic rings. The van der Waals surface area contributed by atoms with E-state index in [0.29, 0.717) is 12.0 Å². The summed E-state index contributed by atoms with van der Waals surface area (Å²) in [7, 11) is 0. The van der Waals surface area contributed by atoms with Crippen LogP contribution >= 0.6 is 0 Å². The number of hydrogen-bond acceptors (Lipinski definition) is 1. The van der Waals surface area contributed by atoms with Gasteiger partial charge in [0.05, 0.1) is 6.10 Å². The number of aliphatic hydroxyl groups excluding tert-OH is 1. The molecule has 18 heavy (non-hydrogen) atoms. The van der Waals surface area contributed by atoms with Crippen molar-refractivity contribution in [3.8, 4) is 0 Å². The summed E-state index contributed by atoms with van der Waals surface area (Å²) in [6, 6.07) is 12.4. The van der Waals surface area contributed by atoms with Crippen LogP contribution in [0.4, 0.5) is 4.39 Å². The summed E-state index contributed by atoms with van der Waals surface area (Å²) >= 11 is 0. The first-order valence-corrected chi connectivity index (χ1v) is 6.06. The maximum atomic E-state index is 13.5. The molecule has 94 valence electrons. The molecule has 0 spiro atoms. The van der Waals surface area contributed by atoms with Crippen LogP contribution in [-0.2, 0) is 6.42 Å². The third-order valence-corrected chi connectivity index (χ3v) is 3.29. The first kappa shape index (κ1) is 12.8. The predicted molar refractivity (Wildman–Crippen MR) is 71.0 cm³/mol. The van der Waals surface area contributed by atoms with Gasteiger partial charge in [0, 0.05) is 6.42 Å². The van der Waals surface area contributed by atoms with E-state index in [1.165, 1.54) is 11.6 Å². The fourth-order valence-corrected chi connectivity index (χ4v) is 1.96. The Morgan fingerprint density at radius 3 is 2.44 bits per heavy atom. The standard InChI is InChI=1S/C16H17FO/c1-11-7-8-14(9-12(11)2)16(18)10-13-5-3-4-6-15(13)17/h3-9,16,18H,10H2,1-2H3. The first-order chi connectivity index (χ1) is 8.58. The van der Waals surface area contributed by atoms with Gasteiger partial charge in [0.15, 0.2) is 0 Å². The van der Waals surface area contributed by atoms with Crippen molar-refractivity contribution in [1.29, 1.82) is 0 Å². The molecule has 0 heterocycles. The van der Waals surface area contributed by atoms with E-state index in [9.17, 15) is 9.50 Å². The van der Waals surface area contributed by atoms with Crippen LogP contribution in [0, 0.1) is 19.7 Å². The van der Waals surface area contributed by atoms with E-state index in [0.717, 1.165) is 11.1 Å². The number of benzene rings is 2. The Bertz CT molecular complexity index is 549. The van der Waals surface area contributed by atoms with Gasteiger partial charge in [0.1, 0.15) is 5.82 Å². The zero-order valence-corrected chi connectivity index (χ0v) is 10.7. The molecule has 0 saturated carbocycles. The Hall–Kier alpha value is -1.67. The Labute approximate surface area is 107 Å². The molecule has 0 radical (unpaired) electrons. The maximum absolute atomic E-state index is 13.5. The van der Waals surface area contributed by atoms with Gasteiger partial charge in [0.25, 0.3) is 0 Å². The van der Waals surface area contributed by atoms with Crippen LogP contribution in [0.2, 0.25) is 0 Å². The van der Waals surface area contributed by atoms with Crippen molar-refractivity contribution < 1.29 is 9.50 Å². The highest BCUT2D eigenvalue weighted by atomic mass is 19.1. The highest BCUT2D eigenvalue weighted by molar-refractivity contribution is 5.32. The number of aliphatic hydroxyl groups is 1. The molecule has 0 aliphatic carbocycles. The molecule has 0 aromatic heterocycles. The highest BCUT2D eigenvalue weighted by Crippen LogP contribution is 2.22. The van der Waals surface area contributed by atoms with Crippen LogP contribution in [0.3, 0.4) is 0 Å². The van der Waals surface area contributed by atoms with Crippen molar-refractivity contribution in [1.82, 2.24) is 0 Å². The Balaban J connectivity index is 2.19. The third-order valence-electron chi connectivity index (χ3n) is 3.29. The fraction of sp³-hybridized carbons (Fsp3) is 0.250. The Morgan fingerprint density at radius 2 is 1.78 bits per heavy atom. The van der Waals surface area contributed by atoms with Gasteiger partial charge in [-0.1, -0.05) is 36.4 Å². The second-order valence-electron chi connectivity index (χ2n) is 4.66. The second kappa shape index (κ2) is 5.32. The van der Waals surface area contributed by atoms with Crippen LogP contribution < -0.4 is 0 Å². The number of aryl methyl sites for hydroxylation is 2. The lowest BCUT2D eigenvalue weighted by molar-refractivity contribution is 0.177. The van der Waals surface area contributed by atoms with Crippen molar-refractivity contribution in [2.24, 2.45) is 0 Å². The molecular formula is C16H17FO. The SMILES string of the molecule is Cc1ccc(C(O)Cc2ccccc2F)cc1C. The largest absolute Gasteiger partial charge is 0.388 e. The molecule has 0 aliphatic heterocycles. The summed E-state index contributed by atoms with van der Waals surface area (Å²) in [5.74, 6) is -0.264. The zero-order chi connectivity index (χ0) is 13.1. The minimum Gasteiger partial charge on any atom is -0.388 e. The van der Waals surface area contributed by atoms with Gasteiger partial charge in [-0.25, -0.2) is 4.39 Å². The molecule has 0 bridgehead atoms. The summed E-state index contributed by atoms with van der Waals surface area (Å²) in [5.41, 5.74) is 3.71. The Morgan fingerprint density at radius 1 is 1.06 bits per heavy atom. The number of halogens is 1. The smallest absolute Gasteiger partial charge is 0.126 e. The van der Waals surface area contributed by atoms with Crippen LogP contribution in [0.5, 0.6) is 0 Å². The van der Waals surface area contributed by atoms with Crippen LogP contribution in [0.15, 0.2) is 42.5 Å². The summed E-state index contributed by atoms with van der Waals surface area (Å²) in [6.45, 7) is 4.04. The molecular weight excluding hydrogens is 227 g/mol. The van der Waals surface area contributed by atoms with Gasteiger partial charge >= 0.3 is 0 Å². The van der Waals surface area contributed by atoms with Crippen molar-refractivity contribution in [3.63, 3.8) is 0 Å². The fourth-order valence-electron chi connectivity index (χ4n) is 1.96. The van der Waals surface area contributed by atoms with E-state index in [4.69, 9.17) is 0 Å². The average Bonchev–Trinajstić information content (AvgIpc) is 2.35. The Kier molecular flexibility index (Phi) is 3.78. The lowest BCUT2D eigenvalue weighted by Crippen LogP contribution is -2.04. The summed E-state index contributed by atoms with van der Waals surface area (Å²) in [4.78, 5) is 0. The zero-order valence-electron chi connectivity index (χ0n) is 10.7. The molecule has 2 heteroatoms.